The number of ether oxygens (including phenoxy) is 2. The summed E-state index contributed by atoms with van der Waals surface area (Å²) in [7, 11) is 1.47. The van der Waals surface area contributed by atoms with Gasteiger partial charge in [0.2, 0.25) is 0 Å². The van der Waals surface area contributed by atoms with Crippen LogP contribution in [-0.2, 0) is 0 Å². The molecule has 29 heavy (non-hydrogen) atoms. The minimum atomic E-state index is -0.740. The molecule has 0 N–H and O–H groups in total. The van der Waals surface area contributed by atoms with Crippen molar-refractivity contribution in [3.8, 4) is 11.5 Å². The summed E-state index contributed by atoms with van der Waals surface area (Å²) >= 11 is 5.99. The van der Waals surface area contributed by atoms with Crippen LogP contribution in [0.2, 0.25) is 5.02 Å². The van der Waals surface area contributed by atoms with Gasteiger partial charge in [-0.15, -0.1) is 0 Å². The Morgan fingerprint density at radius 3 is 2.34 bits per heavy atom. The van der Waals surface area contributed by atoms with Crippen LogP contribution < -0.4 is 9.47 Å². The zero-order chi connectivity index (χ0) is 20.8. The highest BCUT2D eigenvalue weighted by Crippen LogP contribution is 2.31. The number of carbonyl (C=O) groups is 1. The van der Waals surface area contributed by atoms with Crippen molar-refractivity contribution in [1.82, 2.24) is 0 Å². The fourth-order valence-corrected chi connectivity index (χ4v) is 2.82. The second-order valence-corrected chi connectivity index (χ2v) is 6.37. The summed E-state index contributed by atoms with van der Waals surface area (Å²) in [5.74, 6) is -0.161. The molecule has 0 spiro atoms. The van der Waals surface area contributed by atoms with Crippen molar-refractivity contribution in [3.63, 3.8) is 0 Å². The Morgan fingerprint density at radius 2 is 1.69 bits per heavy atom. The predicted molar refractivity (Wildman–Crippen MR) is 111 cm³/mol. The third kappa shape index (κ3) is 5.00. The molecule has 0 aliphatic rings. The molecule has 0 saturated carbocycles. The molecule has 0 aliphatic heterocycles. The number of nitro benzene ring substituents is 1. The Hall–Kier alpha value is -3.64. The zero-order valence-electron chi connectivity index (χ0n) is 15.4. The van der Waals surface area contributed by atoms with E-state index in [0.717, 1.165) is 17.2 Å². The first-order valence-electron chi connectivity index (χ1n) is 8.55. The molecule has 0 saturated heterocycles. The number of halogens is 1. The zero-order valence-corrected chi connectivity index (χ0v) is 16.1. The SMILES string of the molecule is COc1cc(C=Cc2ccccc2)ccc1OC(=O)c1ccc([N+](=O)[O-])cc1Cl. The van der Waals surface area contributed by atoms with Gasteiger partial charge in [-0.25, -0.2) is 4.79 Å². The first-order chi connectivity index (χ1) is 14.0. The molecule has 0 unspecified atom stereocenters. The molecule has 146 valence electrons. The van der Waals surface area contributed by atoms with Gasteiger partial charge < -0.3 is 9.47 Å². The lowest BCUT2D eigenvalue weighted by molar-refractivity contribution is -0.384. The summed E-state index contributed by atoms with van der Waals surface area (Å²) in [5, 5.41) is 10.7. The van der Waals surface area contributed by atoms with E-state index in [9.17, 15) is 14.9 Å². The molecule has 0 aromatic heterocycles. The Labute approximate surface area is 172 Å². The highest BCUT2D eigenvalue weighted by Gasteiger charge is 2.18. The number of nitro groups is 1. The topological polar surface area (TPSA) is 78.7 Å². The highest BCUT2D eigenvalue weighted by atomic mass is 35.5. The van der Waals surface area contributed by atoms with E-state index in [-0.39, 0.29) is 22.0 Å². The van der Waals surface area contributed by atoms with E-state index in [4.69, 9.17) is 21.1 Å². The third-order valence-corrected chi connectivity index (χ3v) is 4.35. The number of methoxy groups -OCH3 is 1. The van der Waals surface area contributed by atoms with E-state index in [1.807, 2.05) is 42.5 Å². The molecule has 0 aliphatic carbocycles. The van der Waals surface area contributed by atoms with Gasteiger partial charge in [0.15, 0.2) is 11.5 Å². The standard InChI is InChI=1S/C22H16ClNO5/c1-28-21-13-16(8-7-15-5-3-2-4-6-15)9-12-20(21)29-22(25)18-11-10-17(24(26)27)14-19(18)23/h2-14H,1H3. The first-order valence-corrected chi connectivity index (χ1v) is 8.93. The van der Waals surface area contributed by atoms with E-state index in [1.54, 1.807) is 18.2 Å². The summed E-state index contributed by atoms with van der Waals surface area (Å²) in [6.07, 6.45) is 3.87. The van der Waals surface area contributed by atoms with Crippen molar-refractivity contribution in [2.75, 3.05) is 7.11 Å². The molecule has 0 atom stereocenters. The lowest BCUT2D eigenvalue weighted by Crippen LogP contribution is -2.10. The van der Waals surface area contributed by atoms with Gasteiger partial charge in [0.05, 0.1) is 22.6 Å². The maximum Gasteiger partial charge on any atom is 0.345 e. The number of benzene rings is 3. The number of non-ortho nitro benzene ring substituents is 1. The van der Waals surface area contributed by atoms with Gasteiger partial charge in [-0.3, -0.25) is 10.1 Å². The van der Waals surface area contributed by atoms with Crippen LogP contribution in [0.25, 0.3) is 12.2 Å². The highest BCUT2D eigenvalue weighted by molar-refractivity contribution is 6.33. The van der Waals surface area contributed by atoms with Gasteiger partial charge in [-0.1, -0.05) is 60.2 Å². The molecular weight excluding hydrogens is 394 g/mol. The van der Waals surface area contributed by atoms with E-state index in [0.29, 0.717) is 5.75 Å². The third-order valence-electron chi connectivity index (χ3n) is 4.04. The lowest BCUT2D eigenvalue weighted by atomic mass is 10.1. The fourth-order valence-electron chi connectivity index (χ4n) is 2.57. The average Bonchev–Trinajstić information content (AvgIpc) is 2.73. The van der Waals surface area contributed by atoms with Crippen LogP contribution in [0.4, 0.5) is 5.69 Å². The average molecular weight is 410 g/mol. The Morgan fingerprint density at radius 1 is 0.966 bits per heavy atom. The van der Waals surface area contributed by atoms with Crippen molar-refractivity contribution in [2.45, 2.75) is 0 Å². The predicted octanol–water partition coefficient (Wildman–Crippen LogP) is 5.65. The number of rotatable bonds is 6. The van der Waals surface area contributed by atoms with Crippen LogP contribution in [0.5, 0.6) is 11.5 Å². The minimum absolute atomic E-state index is 0.0207. The van der Waals surface area contributed by atoms with Crippen molar-refractivity contribution >= 4 is 35.4 Å². The van der Waals surface area contributed by atoms with Crippen molar-refractivity contribution in [1.29, 1.82) is 0 Å². The van der Waals surface area contributed by atoms with E-state index >= 15 is 0 Å². The van der Waals surface area contributed by atoms with Crippen molar-refractivity contribution < 1.29 is 19.2 Å². The second-order valence-electron chi connectivity index (χ2n) is 5.97. The van der Waals surface area contributed by atoms with E-state index in [2.05, 4.69) is 0 Å². The van der Waals surface area contributed by atoms with Crippen LogP contribution in [0, 0.1) is 10.1 Å². The molecule has 3 aromatic rings. The number of nitrogens with zero attached hydrogens (tertiary/aromatic N) is 1. The van der Waals surface area contributed by atoms with Crippen molar-refractivity contribution in [2.24, 2.45) is 0 Å². The molecule has 0 heterocycles. The quantitative estimate of drug-likeness (QED) is 0.173. The van der Waals surface area contributed by atoms with Gasteiger partial charge in [0.1, 0.15) is 0 Å². The first kappa shape index (κ1) is 20.1. The number of hydrogen-bond acceptors (Lipinski definition) is 5. The van der Waals surface area contributed by atoms with Crippen LogP contribution in [-0.4, -0.2) is 18.0 Å². The Balaban J connectivity index is 1.79. The molecule has 7 heteroatoms. The summed E-state index contributed by atoms with van der Waals surface area (Å²) in [4.78, 5) is 22.6. The summed E-state index contributed by atoms with van der Waals surface area (Å²) in [6.45, 7) is 0. The van der Waals surface area contributed by atoms with E-state index < -0.39 is 10.9 Å². The van der Waals surface area contributed by atoms with Gasteiger partial charge in [-0.05, 0) is 29.3 Å². The van der Waals surface area contributed by atoms with E-state index in [1.165, 1.54) is 19.2 Å². The second kappa shape index (κ2) is 9.03. The molecule has 3 aromatic carbocycles. The number of carbonyl (C=O) groups excluding carboxylic acids is 1. The Bertz CT molecular complexity index is 1080. The van der Waals surface area contributed by atoms with Crippen LogP contribution >= 0.6 is 11.6 Å². The maximum absolute atomic E-state index is 12.4. The van der Waals surface area contributed by atoms with Crippen molar-refractivity contribution in [3.05, 3.63) is 98.6 Å². The van der Waals surface area contributed by atoms with Crippen LogP contribution in [0.15, 0.2) is 66.7 Å². The summed E-state index contributed by atoms with van der Waals surface area (Å²) in [6, 6.07) is 18.5. The smallest absolute Gasteiger partial charge is 0.345 e. The summed E-state index contributed by atoms with van der Waals surface area (Å²) < 4.78 is 10.7. The molecule has 0 amide bonds. The Kier molecular flexibility index (Phi) is 6.26. The van der Waals surface area contributed by atoms with Gasteiger partial charge in [0, 0.05) is 12.1 Å². The normalized spacial score (nSPS) is 10.7. The van der Waals surface area contributed by atoms with Gasteiger partial charge in [-0.2, -0.15) is 0 Å². The largest absolute Gasteiger partial charge is 0.493 e. The molecular formula is C22H16ClNO5. The maximum atomic E-state index is 12.4. The van der Waals surface area contributed by atoms with Gasteiger partial charge >= 0.3 is 5.97 Å². The molecule has 6 nitrogen and oxygen atoms in total. The molecule has 3 rings (SSSR count). The monoisotopic (exact) mass is 409 g/mol. The lowest BCUT2D eigenvalue weighted by Gasteiger charge is -2.10. The van der Waals surface area contributed by atoms with Crippen LogP contribution in [0.1, 0.15) is 21.5 Å². The van der Waals surface area contributed by atoms with Crippen LogP contribution in [0.3, 0.4) is 0 Å². The molecule has 0 bridgehead atoms. The minimum Gasteiger partial charge on any atom is -0.493 e. The number of esters is 1. The fraction of sp³-hybridized carbons (Fsp3) is 0.0455. The summed E-state index contributed by atoms with van der Waals surface area (Å²) in [5.41, 5.74) is 1.72. The number of hydrogen-bond donors (Lipinski definition) is 0. The molecule has 0 radical (unpaired) electrons. The van der Waals surface area contributed by atoms with Gasteiger partial charge in [0.25, 0.3) is 5.69 Å². The molecule has 0 fully saturated rings.